The third-order valence-corrected chi connectivity index (χ3v) is 4.98. The van der Waals surface area contributed by atoms with Gasteiger partial charge in [-0.2, -0.15) is 9.64 Å². The molecule has 2 amide bonds. The van der Waals surface area contributed by atoms with E-state index in [1.54, 1.807) is 27.7 Å². The van der Waals surface area contributed by atoms with Crippen LogP contribution in [-0.2, 0) is 9.53 Å². The van der Waals surface area contributed by atoms with E-state index in [-0.39, 0.29) is 17.1 Å². The van der Waals surface area contributed by atoms with Gasteiger partial charge in [-0.05, 0) is 45.6 Å². The predicted octanol–water partition coefficient (Wildman–Crippen LogP) is 2.28. The molecule has 1 aromatic heterocycles. The fourth-order valence-corrected chi connectivity index (χ4v) is 3.58. The number of rotatable bonds is 4. The largest absolute Gasteiger partial charge is 0.444 e. The average molecular weight is 400 g/mol. The average Bonchev–Trinajstić information content (AvgIpc) is 3.11. The number of halogens is 1. The second-order valence-electron chi connectivity index (χ2n) is 7.07. The molecule has 0 unspecified atom stereocenters. The molecule has 0 aromatic carbocycles. The molecule has 0 bridgehead atoms. The number of aromatic nitrogens is 1. The fraction of sp³-hybridized carbons (Fsp3) is 0.625. The molecule has 1 aliphatic heterocycles. The number of amides is 2. The third kappa shape index (κ3) is 5.22. The lowest BCUT2D eigenvalue weighted by atomic mass is 10.2. The van der Waals surface area contributed by atoms with E-state index < -0.39 is 17.7 Å². The van der Waals surface area contributed by atoms with Crippen LogP contribution in [0.3, 0.4) is 0 Å². The van der Waals surface area contributed by atoms with Crippen LogP contribution in [0.15, 0.2) is 0 Å². The summed E-state index contributed by atoms with van der Waals surface area (Å²) in [6.07, 6.45) is 0.0943. The lowest BCUT2D eigenvalue weighted by Crippen LogP contribution is -2.49. The van der Waals surface area contributed by atoms with Gasteiger partial charge < -0.3 is 20.3 Å². The van der Waals surface area contributed by atoms with Crippen molar-refractivity contribution in [2.45, 2.75) is 51.8 Å². The van der Waals surface area contributed by atoms with Crippen molar-refractivity contribution >= 4 is 40.1 Å². The van der Waals surface area contributed by atoms with E-state index in [0.717, 1.165) is 6.42 Å². The van der Waals surface area contributed by atoms with E-state index >= 15 is 0 Å². The van der Waals surface area contributed by atoms with Gasteiger partial charge in [-0.25, -0.2) is 4.79 Å². The Kier molecular flexibility index (Phi) is 6.31. The molecule has 1 saturated heterocycles. The van der Waals surface area contributed by atoms with Crippen molar-refractivity contribution in [1.82, 2.24) is 15.0 Å². The Bertz CT molecular complexity index is 724. The summed E-state index contributed by atoms with van der Waals surface area (Å²) in [5.74, 6) is -0.287. The standard InChI is InChI=1S/C16H22ClN5O3S/c1-9(19-15(24)25-16(2,3)4)13(23)20-10-5-6-22(8-10)14-11(7-18)12(17)21-26-14/h9-10H,5-6,8H2,1-4H3,(H,19,24)(H,20,23)/t9-,10-/m0/s1. The Morgan fingerprint density at radius 3 is 2.81 bits per heavy atom. The van der Waals surface area contributed by atoms with Gasteiger partial charge in [-0.3, -0.25) is 4.79 Å². The molecule has 10 heteroatoms. The molecule has 1 fully saturated rings. The molecule has 26 heavy (non-hydrogen) atoms. The quantitative estimate of drug-likeness (QED) is 0.804. The fourth-order valence-electron chi connectivity index (χ4n) is 2.51. The van der Waals surface area contributed by atoms with E-state index in [0.29, 0.717) is 23.7 Å². The van der Waals surface area contributed by atoms with Crippen LogP contribution in [0, 0.1) is 11.3 Å². The van der Waals surface area contributed by atoms with Crippen LogP contribution in [0.25, 0.3) is 0 Å². The molecule has 0 aliphatic carbocycles. The lowest BCUT2D eigenvalue weighted by Gasteiger charge is -2.22. The van der Waals surface area contributed by atoms with Crippen LogP contribution >= 0.6 is 23.1 Å². The van der Waals surface area contributed by atoms with Gasteiger partial charge in [0.1, 0.15) is 28.3 Å². The van der Waals surface area contributed by atoms with Gasteiger partial charge in [-0.15, -0.1) is 0 Å². The molecule has 2 N–H and O–H groups in total. The summed E-state index contributed by atoms with van der Waals surface area (Å²) in [5.41, 5.74) is -0.260. The Labute approximate surface area is 161 Å². The summed E-state index contributed by atoms with van der Waals surface area (Å²) in [4.78, 5) is 26.0. The van der Waals surface area contributed by atoms with Crippen molar-refractivity contribution < 1.29 is 14.3 Å². The summed E-state index contributed by atoms with van der Waals surface area (Å²) < 4.78 is 9.15. The minimum Gasteiger partial charge on any atom is -0.444 e. The van der Waals surface area contributed by atoms with E-state index in [2.05, 4.69) is 21.1 Å². The van der Waals surface area contributed by atoms with Gasteiger partial charge in [0, 0.05) is 19.1 Å². The van der Waals surface area contributed by atoms with E-state index in [1.807, 2.05) is 4.90 Å². The first-order chi connectivity index (χ1) is 12.1. The van der Waals surface area contributed by atoms with E-state index in [1.165, 1.54) is 11.5 Å². The predicted molar refractivity (Wildman–Crippen MR) is 99.4 cm³/mol. The Hall–Kier alpha value is -2.05. The van der Waals surface area contributed by atoms with Crippen molar-refractivity contribution in [3.8, 4) is 6.07 Å². The summed E-state index contributed by atoms with van der Waals surface area (Å²) >= 11 is 7.08. The summed E-state index contributed by atoms with van der Waals surface area (Å²) in [5, 5.41) is 15.5. The summed E-state index contributed by atoms with van der Waals surface area (Å²) in [6.45, 7) is 8.11. The molecule has 0 saturated carbocycles. The molecule has 2 rings (SSSR count). The maximum absolute atomic E-state index is 12.3. The highest BCUT2D eigenvalue weighted by molar-refractivity contribution is 7.10. The number of carbonyl (C=O) groups is 2. The minimum absolute atomic E-state index is 0.0854. The number of hydrogen-bond acceptors (Lipinski definition) is 7. The number of ether oxygens (including phenoxy) is 1. The van der Waals surface area contributed by atoms with Crippen LogP contribution in [0.4, 0.5) is 9.80 Å². The molecule has 2 atom stereocenters. The number of alkyl carbamates (subject to hydrolysis) is 1. The molecule has 1 aromatic rings. The van der Waals surface area contributed by atoms with Crippen LogP contribution in [0.1, 0.15) is 39.7 Å². The SMILES string of the molecule is C[C@H](NC(=O)OC(C)(C)C)C(=O)N[C@H]1CCN(c2snc(Cl)c2C#N)C1. The maximum Gasteiger partial charge on any atom is 0.408 e. The van der Waals surface area contributed by atoms with Crippen molar-refractivity contribution in [3.05, 3.63) is 10.7 Å². The molecule has 8 nitrogen and oxygen atoms in total. The number of anilines is 1. The van der Waals surface area contributed by atoms with Gasteiger partial charge >= 0.3 is 6.09 Å². The number of nitriles is 1. The van der Waals surface area contributed by atoms with Crippen LogP contribution in [0.2, 0.25) is 5.15 Å². The van der Waals surface area contributed by atoms with Crippen molar-refractivity contribution in [2.24, 2.45) is 0 Å². The zero-order valence-electron chi connectivity index (χ0n) is 15.1. The second kappa shape index (κ2) is 8.10. The van der Waals surface area contributed by atoms with Crippen molar-refractivity contribution in [3.63, 3.8) is 0 Å². The molecule has 0 radical (unpaired) electrons. The number of nitrogens with zero attached hydrogens (tertiary/aromatic N) is 3. The van der Waals surface area contributed by atoms with Crippen LogP contribution < -0.4 is 15.5 Å². The van der Waals surface area contributed by atoms with E-state index in [9.17, 15) is 14.9 Å². The van der Waals surface area contributed by atoms with Gasteiger partial charge in [0.25, 0.3) is 0 Å². The first-order valence-corrected chi connectivity index (χ1v) is 9.36. The number of carbonyl (C=O) groups excluding carboxylic acids is 2. The van der Waals surface area contributed by atoms with Gasteiger partial charge in [-0.1, -0.05) is 11.6 Å². The first-order valence-electron chi connectivity index (χ1n) is 8.21. The van der Waals surface area contributed by atoms with Gasteiger partial charge in [0.15, 0.2) is 5.15 Å². The van der Waals surface area contributed by atoms with Crippen molar-refractivity contribution in [1.29, 1.82) is 5.26 Å². The monoisotopic (exact) mass is 399 g/mol. The molecule has 142 valence electrons. The minimum atomic E-state index is -0.716. The highest BCUT2D eigenvalue weighted by Gasteiger charge is 2.29. The molecule has 0 spiro atoms. The van der Waals surface area contributed by atoms with Gasteiger partial charge in [0.2, 0.25) is 5.91 Å². The Morgan fingerprint density at radius 2 is 2.19 bits per heavy atom. The second-order valence-corrected chi connectivity index (χ2v) is 8.18. The maximum atomic E-state index is 12.3. The third-order valence-electron chi connectivity index (χ3n) is 3.69. The Morgan fingerprint density at radius 1 is 1.50 bits per heavy atom. The molecular weight excluding hydrogens is 378 g/mol. The lowest BCUT2D eigenvalue weighted by molar-refractivity contribution is -0.123. The van der Waals surface area contributed by atoms with Gasteiger partial charge in [0.05, 0.1) is 0 Å². The highest BCUT2D eigenvalue weighted by atomic mass is 35.5. The molecular formula is C16H22ClN5O3S. The zero-order chi connectivity index (χ0) is 19.5. The number of nitrogens with one attached hydrogen (secondary N) is 2. The van der Waals surface area contributed by atoms with Crippen molar-refractivity contribution in [2.75, 3.05) is 18.0 Å². The Balaban J connectivity index is 1.87. The topological polar surface area (TPSA) is 107 Å². The summed E-state index contributed by atoms with van der Waals surface area (Å²) in [7, 11) is 0. The van der Waals surface area contributed by atoms with Crippen LogP contribution in [0.5, 0.6) is 0 Å². The summed E-state index contributed by atoms with van der Waals surface area (Å²) in [6, 6.07) is 1.26. The normalized spacial score (nSPS) is 18.2. The zero-order valence-corrected chi connectivity index (χ0v) is 16.7. The number of hydrogen-bond donors (Lipinski definition) is 2. The molecule has 1 aliphatic rings. The molecule has 2 heterocycles. The highest BCUT2D eigenvalue weighted by Crippen LogP contribution is 2.33. The van der Waals surface area contributed by atoms with E-state index in [4.69, 9.17) is 16.3 Å². The first kappa shape index (κ1) is 20.3. The smallest absolute Gasteiger partial charge is 0.408 e. The van der Waals surface area contributed by atoms with Crippen LogP contribution in [-0.4, -0.2) is 47.1 Å².